The number of fused-ring (bicyclic) bond motifs is 1. The standard InChI is InChI=1S/C22H27N3O4/c1-24(2)10-11-25-21(12-15-6-8-16(27-3)9-7-15)23-18-14-20(29-5)19(28-4)13-17(18)22(25)26/h6-9,13-14H,10-12H2,1-5H3. The first-order chi connectivity index (χ1) is 14.0. The Labute approximate surface area is 170 Å². The van der Waals surface area contributed by atoms with E-state index in [9.17, 15) is 4.79 Å². The molecule has 29 heavy (non-hydrogen) atoms. The molecule has 0 aliphatic rings. The van der Waals surface area contributed by atoms with Crippen LogP contribution in [0.3, 0.4) is 0 Å². The van der Waals surface area contributed by atoms with E-state index in [1.54, 1.807) is 38.0 Å². The average Bonchev–Trinajstić information content (AvgIpc) is 2.73. The predicted octanol–water partition coefficient (Wildman–Crippen LogP) is 2.57. The van der Waals surface area contributed by atoms with Gasteiger partial charge in [0.15, 0.2) is 11.5 Å². The molecule has 0 atom stereocenters. The summed E-state index contributed by atoms with van der Waals surface area (Å²) in [6.45, 7) is 1.28. The summed E-state index contributed by atoms with van der Waals surface area (Å²) in [7, 11) is 8.73. The molecule has 0 bridgehead atoms. The van der Waals surface area contributed by atoms with Gasteiger partial charge in [0, 0.05) is 25.6 Å². The molecule has 0 saturated heterocycles. The fraction of sp³-hybridized carbons (Fsp3) is 0.364. The van der Waals surface area contributed by atoms with Gasteiger partial charge >= 0.3 is 0 Å². The molecule has 3 rings (SSSR count). The molecule has 0 saturated carbocycles. The summed E-state index contributed by atoms with van der Waals surface area (Å²) in [5.41, 5.74) is 1.56. The molecular formula is C22H27N3O4. The Hall–Kier alpha value is -3.06. The van der Waals surface area contributed by atoms with Crippen LogP contribution in [-0.4, -0.2) is 56.4 Å². The van der Waals surface area contributed by atoms with Gasteiger partial charge < -0.3 is 19.1 Å². The Kier molecular flexibility index (Phi) is 6.39. The maximum absolute atomic E-state index is 13.3. The molecule has 7 heteroatoms. The molecule has 0 aliphatic carbocycles. The quantitative estimate of drug-likeness (QED) is 0.582. The van der Waals surface area contributed by atoms with E-state index >= 15 is 0 Å². The second kappa shape index (κ2) is 8.96. The van der Waals surface area contributed by atoms with Gasteiger partial charge in [-0.15, -0.1) is 0 Å². The van der Waals surface area contributed by atoms with E-state index in [1.807, 2.05) is 43.3 Å². The molecule has 0 unspecified atom stereocenters. The molecule has 0 amide bonds. The van der Waals surface area contributed by atoms with Crippen molar-refractivity contribution in [1.82, 2.24) is 14.5 Å². The summed E-state index contributed by atoms with van der Waals surface area (Å²) in [6, 6.07) is 11.2. The van der Waals surface area contributed by atoms with E-state index < -0.39 is 0 Å². The van der Waals surface area contributed by atoms with Gasteiger partial charge in [-0.05, 0) is 37.9 Å². The van der Waals surface area contributed by atoms with E-state index in [1.165, 1.54) is 0 Å². The lowest BCUT2D eigenvalue weighted by Gasteiger charge is -2.17. The molecule has 0 fully saturated rings. The van der Waals surface area contributed by atoms with Crippen molar-refractivity contribution < 1.29 is 14.2 Å². The Balaban J connectivity index is 2.13. The topological polar surface area (TPSA) is 65.8 Å². The van der Waals surface area contributed by atoms with Gasteiger partial charge in [-0.1, -0.05) is 12.1 Å². The highest BCUT2D eigenvalue weighted by atomic mass is 16.5. The van der Waals surface area contributed by atoms with Gasteiger partial charge in [0.05, 0.1) is 32.2 Å². The second-order valence-electron chi connectivity index (χ2n) is 7.04. The molecule has 0 aliphatic heterocycles. The molecule has 3 aromatic rings. The molecule has 1 aromatic heterocycles. The number of hydrogen-bond donors (Lipinski definition) is 0. The maximum Gasteiger partial charge on any atom is 0.261 e. The summed E-state index contributed by atoms with van der Waals surface area (Å²) >= 11 is 0. The molecular weight excluding hydrogens is 370 g/mol. The fourth-order valence-corrected chi connectivity index (χ4v) is 3.19. The van der Waals surface area contributed by atoms with E-state index in [0.717, 1.165) is 17.9 Å². The number of rotatable bonds is 8. The van der Waals surface area contributed by atoms with E-state index in [2.05, 4.69) is 0 Å². The predicted molar refractivity (Wildman–Crippen MR) is 113 cm³/mol. The molecule has 0 radical (unpaired) electrons. The third-order valence-corrected chi connectivity index (χ3v) is 4.83. The van der Waals surface area contributed by atoms with Crippen LogP contribution in [0, 0.1) is 0 Å². The average molecular weight is 397 g/mol. The van der Waals surface area contributed by atoms with E-state index in [0.29, 0.717) is 41.2 Å². The van der Waals surface area contributed by atoms with Gasteiger partial charge in [-0.2, -0.15) is 0 Å². The summed E-state index contributed by atoms with van der Waals surface area (Å²) in [5.74, 6) is 2.57. The number of aromatic nitrogens is 2. The SMILES string of the molecule is COc1ccc(Cc2nc3cc(OC)c(OC)cc3c(=O)n2CCN(C)C)cc1. The minimum atomic E-state index is -0.0821. The highest BCUT2D eigenvalue weighted by Crippen LogP contribution is 2.30. The lowest BCUT2D eigenvalue weighted by atomic mass is 10.1. The van der Waals surface area contributed by atoms with Crippen molar-refractivity contribution in [2.24, 2.45) is 0 Å². The molecule has 7 nitrogen and oxygen atoms in total. The molecule has 0 N–H and O–H groups in total. The lowest BCUT2D eigenvalue weighted by molar-refractivity contribution is 0.355. The molecule has 1 heterocycles. The molecule has 0 spiro atoms. The van der Waals surface area contributed by atoms with Crippen LogP contribution in [-0.2, 0) is 13.0 Å². The first-order valence-corrected chi connectivity index (χ1v) is 9.40. The number of nitrogens with zero attached hydrogens (tertiary/aromatic N) is 3. The van der Waals surface area contributed by atoms with Crippen molar-refractivity contribution in [3.8, 4) is 17.2 Å². The van der Waals surface area contributed by atoms with Crippen molar-refractivity contribution in [3.63, 3.8) is 0 Å². The zero-order chi connectivity index (χ0) is 21.0. The largest absolute Gasteiger partial charge is 0.497 e. The summed E-state index contributed by atoms with van der Waals surface area (Å²) < 4.78 is 17.7. The van der Waals surface area contributed by atoms with Crippen molar-refractivity contribution >= 4 is 10.9 Å². The van der Waals surface area contributed by atoms with Crippen molar-refractivity contribution in [1.29, 1.82) is 0 Å². The summed E-state index contributed by atoms with van der Waals surface area (Å²) in [4.78, 5) is 20.2. The Morgan fingerprint density at radius 1 is 0.966 bits per heavy atom. The van der Waals surface area contributed by atoms with Crippen LogP contribution in [0.4, 0.5) is 0 Å². The van der Waals surface area contributed by atoms with Crippen molar-refractivity contribution in [2.75, 3.05) is 42.0 Å². The van der Waals surface area contributed by atoms with Gasteiger partial charge in [0.1, 0.15) is 11.6 Å². The number of methoxy groups -OCH3 is 3. The maximum atomic E-state index is 13.3. The van der Waals surface area contributed by atoms with Crippen LogP contribution in [0.2, 0.25) is 0 Å². The number of likely N-dealkylation sites (N-methyl/N-ethyl adjacent to an activating group) is 1. The third-order valence-electron chi connectivity index (χ3n) is 4.83. The van der Waals surface area contributed by atoms with Gasteiger partial charge in [0.25, 0.3) is 5.56 Å². The van der Waals surface area contributed by atoms with Crippen molar-refractivity contribution in [3.05, 3.63) is 58.1 Å². The summed E-state index contributed by atoms with van der Waals surface area (Å²) in [5, 5.41) is 0.514. The lowest BCUT2D eigenvalue weighted by Crippen LogP contribution is -2.30. The van der Waals surface area contributed by atoms with Gasteiger partial charge in [-0.3, -0.25) is 9.36 Å². The van der Waals surface area contributed by atoms with E-state index in [-0.39, 0.29) is 5.56 Å². The molecule has 2 aromatic carbocycles. The van der Waals surface area contributed by atoms with Gasteiger partial charge in [0.2, 0.25) is 0 Å². The monoisotopic (exact) mass is 397 g/mol. The first-order valence-electron chi connectivity index (χ1n) is 9.40. The van der Waals surface area contributed by atoms with Crippen molar-refractivity contribution in [2.45, 2.75) is 13.0 Å². The van der Waals surface area contributed by atoms with Crippen LogP contribution in [0.1, 0.15) is 11.4 Å². The van der Waals surface area contributed by atoms with Crippen LogP contribution in [0.25, 0.3) is 10.9 Å². The Morgan fingerprint density at radius 2 is 1.62 bits per heavy atom. The molecule has 154 valence electrons. The highest BCUT2D eigenvalue weighted by Gasteiger charge is 2.15. The third kappa shape index (κ3) is 4.51. The number of hydrogen-bond acceptors (Lipinski definition) is 6. The number of benzene rings is 2. The highest BCUT2D eigenvalue weighted by molar-refractivity contribution is 5.82. The number of ether oxygens (including phenoxy) is 3. The first kappa shape index (κ1) is 20.7. The Bertz CT molecular complexity index is 1040. The Morgan fingerprint density at radius 3 is 2.21 bits per heavy atom. The zero-order valence-corrected chi connectivity index (χ0v) is 17.6. The van der Waals surface area contributed by atoms with Gasteiger partial charge in [-0.25, -0.2) is 4.98 Å². The zero-order valence-electron chi connectivity index (χ0n) is 17.6. The summed E-state index contributed by atoms with van der Waals surface area (Å²) in [6.07, 6.45) is 0.539. The van der Waals surface area contributed by atoms with Crippen LogP contribution in [0.15, 0.2) is 41.2 Å². The van der Waals surface area contributed by atoms with Crippen LogP contribution >= 0.6 is 0 Å². The smallest absolute Gasteiger partial charge is 0.261 e. The minimum Gasteiger partial charge on any atom is -0.497 e. The van der Waals surface area contributed by atoms with Crippen LogP contribution < -0.4 is 19.8 Å². The van der Waals surface area contributed by atoms with E-state index in [4.69, 9.17) is 19.2 Å². The van der Waals surface area contributed by atoms with Crippen LogP contribution in [0.5, 0.6) is 17.2 Å². The normalized spacial score (nSPS) is 11.1. The minimum absolute atomic E-state index is 0.0821. The second-order valence-corrected chi connectivity index (χ2v) is 7.04. The fourth-order valence-electron chi connectivity index (χ4n) is 3.19.